The molecule has 58 valence electrons. The molecule has 3 heterocycles. The van der Waals surface area contributed by atoms with Crippen LogP contribution >= 0.6 is 0 Å². The van der Waals surface area contributed by atoms with Gasteiger partial charge in [-0.25, -0.2) is 0 Å². The molecule has 1 atom stereocenters. The molecule has 0 aliphatic carbocycles. The Morgan fingerprint density at radius 1 is 1.00 bits per heavy atom. The zero-order valence-corrected chi connectivity index (χ0v) is 6.84. The molecule has 0 amide bonds. The van der Waals surface area contributed by atoms with E-state index >= 15 is 0 Å². The molecule has 0 N–H and O–H groups in total. The summed E-state index contributed by atoms with van der Waals surface area (Å²) in [6.07, 6.45) is 4.40. The Hall–Kier alpha value is -0.0400. The van der Waals surface area contributed by atoms with Gasteiger partial charge < -0.3 is 4.90 Å². The molecule has 3 aliphatic rings. The average Bonchev–Trinajstić information content (AvgIpc) is 2.24. The third-order valence-electron chi connectivity index (χ3n) is 3.34. The lowest BCUT2D eigenvalue weighted by molar-refractivity contribution is 0.213. The first-order chi connectivity index (χ1) is 4.86. The third kappa shape index (κ3) is 1.07. The molecule has 0 saturated carbocycles. The first kappa shape index (κ1) is 6.66. The van der Waals surface area contributed by atoms with Crippen molar-refractivity contribution in [3.05, 3.63) is 0 Å². The highest BCUT2D eigenvalue weighted by molar-refractivity contribution is 4.80. The van der Waals surface area contributed by atoms with Gasteiger partial charge in [-0.3, -0.25) is 0 Å². The van der Waals surface area contributed by atoms with Gasteiger partial charge in [0.25, 0.3) is 0 Å². The largest absolute Gasteiger partial charge is 0.303 e. The van der Waals surface area contributed by atoms with Gasteiger partial charge in [0.2, 0.25) is 0 Å². The summed E-state index contributed by atoms with van der Waals surface area (Å²) < 4.78 is 0. The second-order valence-corrected chi connectivity index (χ2v) is 3.95. The Kier molecular flexibility index (Phi) is 1.69. The zero-order chi connectivity index (χ0) is 6.97. The molecule has 1 nitrogen and oxygen atoms in total. The van der Waals surface area contributed by atoms with Crippen LogP contribution in [0.15, 0.2) is 0 Å². The van der Waals surface area contributed by atoms with Crippen molar-refractivity contribution >= 4 is 0 Å². The number of fused-ring (bicyclic) bond motifs is 4. The Bertz CT molecular complexity index is 114. The van der Waals surface area contributed by atoms with Crippen LogP contribution in [0.1, 0.15) is 26.2 Å². The second kappa shape index (κ2) is 2.54. The predicted octanol–water partition coefficient (Wildman–Crippen LogP) is 1.74. The van der Waals surface area contributed by atoms with Crippen LogP contribution < -0.4 is 0 Å². The van der Waals surface area contributed by atoms with Gasteiger partial charge in [-0.2, -0.15) is 0 Å². The number of piperidine rings is 1. The van der Waals surface area contributed by atoms with Crippen molar-refractivity contribution in [2.24, 2.45) is 11.8 Å². The lowest BCUT2D eigenvalue weighted by Crippen LogP contribution is -2.30. The van der Waals surface area contributed by atoms with Crippen molar-refractivity contribution in [1.29, 1.82) is 0 Å². The molecule has 3 aliphatic heterocycles. The van der Waals surface area contributed by atoms with E-state index in [4.69, 9.17) is 0 Å². The maximum Gasteiger partial charge on any atom is -0.00160 e. The smallest absolute Gasteiger partial charge is 0.00160 e. The number of hydrogen-bond donors (Lipinski definition) is 0. The molecule has 3 fully saturated rings. The van der Waals surface area contributed by atoms with Crippen LogP contribution in [-0.4, -0.2) is 24.5 Å². The van der Waals surface area contributed by atoms with Gasteiger partial charge in [0, 0.05) is 0 Å². The van der Waals surface area contributed by atoms with E-state index in [9.17, 15) is 0 Å². The molecule has 0 aromatic carbocycles. The van der Waals surface area contributed by atoms with Crippen LogP contribution in [-0.2, 0) is 0 Å². The van der Waals surface area contributed by atoms with E-state index in [1.165, 1.54) is 38.9 Å². The minimum Gasteiger partial charge on any atom is -0.303 e. The van der Waals surface area contributed by atoms with Crippen molar-refractivity contribution in [2.45, 2.75) is 26.2 Å². The highest BCUT2D eigenvalue weighted by Crippen LogP contribution is 2.30. The molecule has 10 heavy (non-hydrogen) atoms. The zero-order valence-electron chi connectivity index (χ0n) is 6.84. The fourth-order valence-corrected chi connectivity index (χ4v) is 2.37. The summed E-state index contributed by atoms with van der Waals surface area (Å²) in [5.41, 5.74) is 0. The lowest BCUT2D eigenvalue weighted by atomic mass is 9.86. The maximum absolute atomic E-state index is 2.62. The topological polar surface area (TPSA) is 3.24 Å². The molecule has 1 unspecified atom stereocenters. The second-order valence-electron chi connectivity index (χ2n) is 3.95. The van der Waals surface area contributed by atoms with Crippen molar-refractivity contribution in [3.63, 3.8) is 0 Å². The van der Waals surface area contributed by atoms with Crippen molar-refractivity contribution in [2.75, 3.05) is 19.6 Å². The summed E-state index contributed by atoms with van der Waals surface area (Å²) in [6.45, 7) is 6.57. The summed E-state index contributed by atoms with van der Waals surface area (Å²) in [7, 11) is 0. The highest BCUT2D eigenvalue weighted by atomic mass is 15.1. The maximum atomic E-state index is 2.62. The summed E-state index contributed by atoms with van der Waals surface area (Å²) in [4.78, 5) is 2.62. The third-order valence-corrected chi connectivity index (χ3v) is 3.34. The highest BCUT2D eigenvalue weighted by Gasteiger charge is 2.27. The average molecular weight is 139 g/mol. The fourth-order valence-electron chi connectivity index (χ4n) is 2.37. The molecule has 0 spiro atoms. The Balaban J connectivity index is 2.07. The quantitative estimate of drug-likeness (QED) is 0.494. The SMILES string of the molecule is CC1CCN2CCC1CC2. The normalized spacial score (nSPS) is 47.1. The van der Waals surface area contributed by atoms with E-state index in [0.717, 1.165) is 11.8 Å². The van der Waals surface area contributed by atoms with Gasteiger partial charge in [0.15, 0.2) is 0 Å². The molecule has 0 aromatic heterocycles. The van der Waals surface area contributed by atoms with Crippen LogP contribution in [0, 0.1) is 11.8 Å². The molecular formula is C9H17N. The van der Waals surface area contributed by atoms with Crippen LogP contribution in [0.25, 0.3) is 0 Å². The number of rotatable bonds is 0. The van der Waals surface area contributed by atoms with Gasteiger partial charge in [-0.15, -0.1) is 0 Å². The van der Waals surface area contributed by atoms with Gasteiger partial charge in [-0.1, -0.05) is 6.92 Å². The fraction of sp³-hybridized carbons (Fsp3) is 1.00. The predicted molar refractivity (Wildman–Crippen MR) is 42.9 cm³/mol. The lowest BCUT2D eigenvalue weighted by Gasteiger charge is -2.27. The first-order valence-electron chi connectivity index (χ1n) is 4.58. The van der Waals surface area contributed by atoms with Crippen molar-refractivity contribution < 1.29 is 0 Å². The molecular weight excluding hydrogens is 122 g/mol. The van der Waals surface area contributed by atoms with Gasteiger partial charge in [0.1, 0.15) is 0 Å². The van der Waals surface area contributed by atoms with Crippen LogP contribution in [0.3, 0.4) is 0 Å². The monoisotopic (exact) mass is 139 g/mol. The van der Waals surface area contributed by atoms with Crippen LogP contribution in [0.5, 0.6) is 0 Å². The first-order valence-corrected chi connectivity index (χ1v) is 4.58. The molecule has 2 bridgehead atoms. The van der Waals surface area contributed by atoms with E-state index in [1.54, 1.807) is 0 Å². The standard InChI is InChI=1S/C9H17N/c1-8-2-5-10-6-3-9(8)4-7-10/h8-9H,2-7H2,1H3. The number of nitrogens with zero attached hydrogens (tertiary/aromatic N) is 1. The van der Waals surface area contributed by atoms with E-state index in [-0.39, 0.29) is 0 Å². The summed E-state index contributed by atoms with van der Waals surface area (Å²) >= 11 is 0. The van der Waals surface area contributed by atoms with E-state index in [2.05, 4.69) is 11.8 Å². The Morgan fingerprint density at radius 3 is 2.30 bits per heavy atom. The molecule has 3 rings (SSSR count). The van der Waals surface area contributed by atoms with Gasteiger partial charge in [0.05, 0.1) is 0 Å². The summed E-state index contributed by atoms with van der Waals surface area (Å²) in [5.74, 6) is 2.08. The molecule has 0 aromatic rings. The van der Waals surface area contributed by atoms with Crippen molar-refractivity contribution in [1.82, 2.24) is 4.90 Å². The molecule has 3 saturated heterocycles. The van der Waals surface area contributed by atoms with E-state index in [1.807, 2.05) is 0 Å². The van der Waals surface area contributed by atoms with Crippen LogP contribution in [0.4, 0.5) is 0 Å². The van der Waals surface area contributed by atoms with E-state index in [0.29, 0.717) is 0 Å². The van der Waals surface area contributed by atoms with Crippen LogP contribution in [0.2, 0.25) is 0 Å². The van der Waals surface area contributed by atoms with Crippen molar-refractivity contribution in [3.8, 4) is 0 Å². The Labute approximate surface area is 63.4 Å². The van der Waals surface area contributed by atoms with Gasteiger partial charge in [-0.05, 0) is 50.7 Å². The number of hydrogen-bond acceptors (Lipinski definition) is 1. The minimum atomic E-state index is 1.01. The summed E-state index contributed by atoms with van der Waals surface area (Å²) in [5, 5.41) is 0. The minimum absolute atomic E-state index is 1.01. The molecule has 1 heteroatoms. The van der Waals surface area contributed by atoms with Gasteiger partial charge >= 0.3 is 0 Å². The van der Waals surface area contributed by atoms with E-state index < -0.39 is 0 Å². The molecule has 0 radical (unpaired) electrons. The Morgan fingerprint density at radius 2 is 1.60 bits per heavy atom. The summed E-state index contributed by atoms with van der Waals surface area (Å²) in [6, 6.07) is 0.